The zero-order chi connectivity index (χ0) is 24.4. The fraction of sp³-hybridized carbons (Fsp3) is 0.500. The first kappa shape index (κ1) is 25.2. The number of nitrogens with zero attached hydrogens (tertiary/aromatic N) is 2. The first-order valence-electron chi connectivity index (χ1n) is 11.3. The van der Waals surface area contributed by atoms with E-state index in [1.54, 1.807) is 0 Å². The number of ketones is 1. The number of Topliss-reactive ketones (excluding diaryl/α,β-unsaturated/α-hetero) is 1. The van der Waals surface area contributed by atoms with Crippen molar-refractivity contribution in [2.45, 2.75) is 52.4 Å². The van der Waals surface area contributed by atoms with Crippen molar-refractivity contribution in [3.05, 3.63) is 64.2 Å². The minimum atomic E-state index is -4.51. The average molecular weight is 462 g/mol. The fourth-order valence-corrected chi connectivity index (χ4v) is 4.00. The van der Waals surface area contributed by atoms with Crippen molar-refractivity contribution >= 4 is 11.5 Å². The molecule has 0 bridgehead atoms. The third-order valence-electron chi connectivity index (χ3n) is 5.90. The van der Waals surface area contributed by atoms with E-state index in [4.69, 9.17) is 0 Å². The minimum Gasteiger partial charge on any atom is -0.380 e. The second kappa shape index (κ2) is 9.85. The Bertz CT molecular complexity index is 987. The summed E-state index contributed by atoms with van der Waals surface area (Å²) in [5.74, 6) is -0.322. The van der Waals surface area contributed by atoms with Crippen LogP contribution >= 0.6 is 0 Å². The highest BCUT2D eigenvalue weighted by molar-refractivity contribution is 5.98. The fourth-order valence-electron chi connectivity index (χ4n) is 4.00. The smallest absolute Gasteiger partial charge is 0.380 e. The molecule has 0 unspecified atom stereocenters. The van der Waals surface area contributed by atoms with Gasteiger partial charge in [0.1, 0.15) is 0 Å². The number of alkyl halides is 3. The number of hydrogen-bond donors (Lipinski definition) is 1. The Kier molecular flexibility index (Phi) is 7.54. The number of hydrogen-bond acceptors (Lipinski definition) is 4. The molecule has 1 heterocycles. The van der Waals surface area contributed by atoms with Gasteiger partial charge in [-0.15, -0.1) is 0 Å². The topological polar surface area (TPSA) is 35.6 Å². The van der Waals surface area contributed by atoms with E-state index in [0.717, 1.165) is 49.1 Å². The highest BCUT2D eigenvalue weighted by Crippen LogP contribution is 2.34. The molecule has 0 aliphatic carbocycles. The monoisotopic (exact) mass is 461 g/mol. The molecular formula is C26H34F3N3O. The maximum absolute atomic E-state index is 13.8. The van der Waals surface area contributed by atoms with Crippen molar-refractivity contribution in [1.29, 1.82) is 0 Å². The molecule has 1 N–H and O–H groups in total. The zero-order valence-corrected chi connectivity index (χ0v) is 20.1. The van der Waals surface area contributed by atoms with E-state index >= 15 is 0 Å². The van der Waals surface area contributed by atoms with E-state index in [1.165, 1.54) is 12.1 Å². The quantitative estimate of drug-likeness (QED) is 0.585. The van der Waals surface area contributed by atoms with Crippen molar-refractivity contribution in [3.8, 4) is 0 Å². The normalized spacial score (nSPS) is 16.1. The molecule has 0 amide bonds. The van der Waals surface area contributed by atoms with Crippen molar-refractivity contribution < 1.29 is 18.0 Å². The van der Waals surface area contributed by atoms with Crippen LogP contribution in [0.15, 0.2) is 36.4 Å². The van der Waals surface area contributed by atoms with Crippen molar-refractivity contribution in [3.63, 3.8) is 0 Å². The predicted molar refractivity (Wildman–Crippen MR) is 127 cm³/mol. The van der Waals surface area contributed by atoms with E-state index in [9.17, 15) is 18.0 Å². The molecule has 1 saturated heterocycles. The number of halogens is 3. The van der Waals surface area contributed by atoms with Gasteiger partial charge in [0.25, 0.3) is 0 Å². The molecule has 7 heteroatoms. The zero-order valence-electron chi connectivity index (χ0n) is 20.1. The second-order valence-corrected chi connectivity index (χ2v) is 10.1. The summed E-state index contributed by atoms with van der Waals surface area (Å²) in [7, 11) is 2.01. The lowest BCUT2D eigenvalue weighted by Crippen LogP contribution is -2.44. The van der Waals surface area contributed by atoms with Crippen molar-refractivity contribution in [2.24, 2.45) is 0 Å². The number of benzene rings is 2. The summed E-state index contributed by atoms with van der Waals surface area (Å²) in [6, 6.07) is 9.72. The molecular weight excluding hydrogens is 427 g/mol. The third kappa shape index (κ3) is 7.05. The first-order valence-corrected chi connectivity index (χ1v) is 11.3. The van der Waals surface area contributed by atoms with Crippen molar-refractivity contribution in [2.75, 3.05) is 38.5 Å². The molecule has 1 fully saturated rings. The number of piperazine rings is 1. The number of rotatable bonds is 6. The Labute approximate surface area is 194 Å². The Balaban J connectivity index is 1.80. The lowest BCUT2D eigenvalue weighted by molar-refractivity contribution is -0.138. The summed E-state index contributed by atoms with van der Waals surface area (Å²) in [4.78, 5) is 17.1. The van der Waals surface area contributed by atoms with E-state index in [1.807, 2.05) is 57.8 Å². The Morgan fingerprint density at radius 2 is 1.67 bits per heavy atom. The summed E-state index contributed by atoms with van der Waals surface area (Å²) >= 11 is 0. The molecule has 33 heavy (non-hydrogen) atoms. The molecule has 4 nitrogen and oxygen atoms in total. The Morgan fingerprint density at radius 1 is 1.00 bits per heavy atom. The Hall–Kier alpha value is -2.38. The molecule has 1 aliphatic heterocycles. The van der Waals surface area contributed by atoms with Gasteiger partial charge in [-0.3, -0.25) is 9.69 Å². The highest BCUT2D eigenvalue weighted by Gasteiger charge is 2.34. The summed E-state index contributed by atoms with van der Waals surface area (Å²) in [5.41, 5.74) is 2.19. The lowest BCUT2D eigenvalue weighted by atomic mass is 9.96. The summed E-state index contributed by atoms with van der Waals surface area (Å²) in [5, 5.41) is 3.41. The van der Waals surface area contributed by atoms with Crippen LogP contribution in [-0.4, -0.2) is 54.3 Å². The van der Waals surface area contributed by atoms with Gasteiger partial charge >= 0.3 is 6.18 Å². The van der Waals surface area contributed by atoms with E-state index in [0.29, 0.717) is 0 Å². The van der Waals surface area contributed by atoms with E-state index in [2.05, 4.69) is 10.2 Å². The molecule has 2 aromatic rings. The SMILES string of the molecule is Cc1ccc(CC(=O)c2ccc(CN3CCN(C)CC3)c(C(F)(F)F)c2)cc1NC(C)(C)C. The van der Waals surface area contributed by atoms with Crippen molar-refractivity contribution in [1.82, 2.24) is 9.80 Å². The van der Waals surface area contributed by atoms with Crippen LogP contribution in [0.2, 0.25) is 0 Å². The van der Waals surface area contributed by atoms with Crippen LogP contribution in [0, 0.1) is 6.92 Å². The maximum atomic E-state index is 13.8. The summed E-state index contributed by atoms with van der Waals surface area (Å²) < 4.78 is 41.5. The van der Waals surface area contributed by atoms with E-state index in [-0.39, 0.29) is 35.4 Å². The second-order valence-electron chi connectivity index (χ2n) is 10.1. The molecule has 0 saturated carbocycles. The molecule has 1 aliphatic rings. The van der Waals surface area contributed by atoms with E-state index < -0.39 is 11.7 Å². The molecule has 2 aromatic carbocycles. The summed E-state index contributed by atoms with van der Waals surface area (Å²) in [6.07, 6.45) is -4.46. The van der Waals surface area contributed by atoms with Crippen LogP contribution in [-0.2, 0) is 19.1 Å². The molecule has 0 spiro atoms. The van der Waals surface area contributed by atoms with Gasteiger partial charge in [-0.05, 0) is 63.6 Å². The van der Waals surface area contributed by atoms with Gasteiger partial charge < -0.3 is 10.2 Å². The largest absolute Gasteiger partial charge is 0.416 e. The Morgan fingerprint density at radius 3 is 2.27 bits per heavy atom. The van der Waals surface area contributed by atoms with Gasteiger partial charge in [0.05, 0.1) is 5.56 Å². The molecule has 180 valence electrons. The molecule has 0 aromatic heterocycles. The number of nitrogens with one attached hydrogen (secondary N) is 1. The van der Waals surface area contributed by atoms with Gasteiger partial charge in [0, 0.05) is 55.9 Å². The standard InChI is InChI=1S/C26H34F3N3O/c1-18-6-7-19(14-23(18)30-25(2,3)4)15-24(33)20-8-9-21(22(16-20)26(27,28)29)17-32-12-10-31(5)11-13-32/h6-9,14,16,30H,10-13,15,17H2,1-5H3. The number of likely N-dealkylation sites (N-methyl/N-ethyl adjacent to an activating group) is 1. The number of carbonyl (C=O) groups excluding carboxylic acids is 1. The molecule has 3 rings (SSSR count). The predicted octanol–water partition coefficient (Wildman–Crippen LogP) is 5.40. The highest BCUT2D eigenvalue weighted by atomic mass is 19.4. The molecule has 0 atom stereocenters. The number of carbonyl (C=O) groups is 1. The lowest BCUT2D eigenvalue weighted by Gasteiger charge is -2.33. The van der Waals surface area contributed by atoms with Crippen LogP contribution in [0.5, 0.6) is 0 Å². The van der Waals surface area contributed by atoms with Gasteiger partial charge in [0.15, 0.2) is 5.78 Å². The number of aryl methyl sites for hydroxylation is 1. The van der Waals surface area contributed by atoms with Crippen LogP contribution in [0.25, 0.3) is 0 Å². The molecule has 0 radical (unpaired) electrons. The maximum Gasteiger partial charge on any atom is 0.416 e. The van der Waals surface area contributed by atoms with Gasteiger partial charge in [-0.25, -0.2) is 0 Å². The third-order valence-corrected chi connectivity index (χ3v) is 5.90. The van der Waals surface area contributed by atoms with Gasteiger partial charge in [0.2, 0.25) is 0 Å². The van der Waals surface area contributed by atoms with Crippen LogP contribution < -0.4 is 5.32 Å². The van der Waals surface area contributed by atoms with Crippen LogP contribution in [0.3, 0.4) is 0 Å². The van der Waals surface area contributed by atoms with Crippen LogP contribution in [0.1, 0.15) is 53.4 Å². The minimum absolute atomic E-state index is 0.0498. The first-order chi connectivity index (χ1) is 15.3. The summed E-state index contributed by atoms with van der Waals surface area (Å²) in [6.45, 7) is 11.5. The van der Waals surface area contributed by atoms with Gasteiger partial charge in [-0.1, -0.05) is 24.3 Å². The van der Waals surface area contributed by atoms with Gasteiger partial charge in [-0.2, -0.15) is 13.2 Å². The van der Waals surface area contributed by atoms with Crippen LogP contribution in [0.4, 0.5) is 18.9 Å². The average Bonchev–Trinajstić information content (AvgIpc) is 2.70. The number of anilines is 1.